The van der Waals surface area contributed by atoms with Crippen LogP contribution in [0.1, 0.15) is 0 Å². The molecular formula is K2O4Os. The minimum absolute atomic E-state index is 0. The molecule has 0 aromatic heterocycles. The molecule has 7 heavy (non-hydrogen) atoms. The van der Waals surface area contributed by atoms with Gasteiger partial charge < -0.3 is 0 Å². The molecule has 0 aromatic carbocycles. The molecule has 0 atom stereocenters. The third-order valence-electron chi connectivity index (χ3n) is 0. The molecule has 0 heterocycles. The third kappa shape index (κ3) is 44.3. The molecule has 34 valence electrons. The molecule has 0 rings (SSSR count). The van der Waals surface area contributed by atoms with Crippen LogP contribution in [0.15, 0.2) is 0 Å². The molecule has 0 amide bonds. The molecule has 0 aliphatic carbocycles. The van der Waals surface area contributed by atoms with Gasteiger partial charge in [-0.2, -0.15) is 0 Å². The molecule has 0 aromatic rings. The molecular weight excluding hydrogens is 332 g/mol. The quantitative estimate of drug-likeness (QED) is 0.413. The fourth-order valence-corrected chi connectivity index (χ4v) is 0. The van der Waals surface area contributed by atoms with Gasteiger partial charge in [0.1, 0.15) is 0 Å². The van der Waals surface area contributed by atoms with Gasteiger partial charge in [0, 0.05) is 0 Å². The fourth-order valence-electron chi connectivity index (χ4n) is 0. The van der Waals surface area contributed by atoms with Crippen molar-refractivity contribution in [2.45, 2.75) is 0 Å². The van der Waals surface area contributed by atoms with Gasteiger partial charge in [0.05, 0.1) is 0 Å². The summed E-state index contributed by atoms with van der Waals surface area (Å²) < 4.78 is 34.5. The zero-order valence-corrected chi connectivity index (χ0v) is 12.8. The van der Waals surface area contributed by atoms with Crippen molar-refractivity contribution in [1.82, 2.24) is 0 Å². The Balaban J connectivity index is -0.0000000800. The Morgan fingerprint density at radius 1 is 1.00 bits per heavy atom. The van der Waals surface area contributed by atoms with Gasteiger partial charge in [0.25, 0.3) is 0 Å². The summed E-state index contributed by atoms with van der Waals surface area (Å²) in [7, 11) is 0. The van der Waals surface area contributed by atoms with Crippen LogP contribution in [0.5, 0.6) is 0 Å². The van der Waals surface area contributed by atoms with E-state index in [1.807, 2.05) is 0 Å². The Morgan fingerprint density at radius 2 is 1.00 bits per heavy atom. The van der Waals surface area contributed by atoms with Gasteiger partial charge >= 0.3 is 133 Å². The predicted molar refractivity (Wildman–Crippen MR) is 1.37 cm³/mol. The molecule has 0 aliphatic heterocycles. The monoisotopic (exact) mass is 334 g/mol. The van der Waals surface area contributed by atoms with Crippen molar-refractivity contribution in [2.75, 3.05) is 0 Å². The van der Waals surface area contributed by atoms with E-state index in [4.69, 9.17) is 14.9 Å². The molecule has 4 nitrogen and oxygen atoms in total. The van der Waals surface area contributed by atoms with E-state index in [1.165, 1.54) is 0 Å². The zero-order valence-electron chi connectivity index (χ0n) is 3.99. The number of rotatable bonds is 0. The second kappa shape index (κ2) is 7.54. The molecule has 0 N–H and O–H groups in total. The SMILES string of the molecule is [K+].[K+].[O]=[Os](=[O])([O-])[O-]. The van der Waals surface area contributed by atoms with Gasteiger partial charge in [-0.05, 0) is 0 Å². The van der Waals surface area contributed by atoms with Crippen molar-refractivity contribution < 1.29 is 133 Å². The summed E-state index contributed by atoms with van der Waals surface area (Å²) in [6.45, 7) is 0. The average Bonchev–Trinajstić information content (AvgIpc) is 0.722. The second-order valence-corrected chi connectivity index (χ2v) is 2.89. The van der Waals surface area contributed by atoms with Gasteiger partial charge in [-0.15, -0.1) is 0 Å². The standard InChI is InChI=1S/2K.4O.Os/q2*+1;;;2*-1;. The summed E-state index contributed by atoms with van der Waals surface area (Å²) in [5.74, 6) is 0. The van der Waals surface area contributed by atoms with Crippen molar-refractivity contribution >= 4 is 0 Å². The fraction of sp³-hybridized carbons (Fsp3) is 0. The van der Waals surface area contributed by atoms with Crippen LogP contribution in [0.3, 0.4) is 0 Å². The molecule has 0 radical (unpaired) electrons. The van der Waals surface area contributed by atoms with Crippen LogP contribution in [-0.2, 0) is 22.7 Å². The summed E-state index contributed by atoms with van der Waals surface area (Å²) in [6, 6.07) is 0. The van der Waals surface area contributed by atoms with Crippen molar-refractivity contribution in [3.05, 3.63) is 0 Å². The Kier molecular flexibility index (Phi) is 18.1. The van der Waals surface area contributed by atoms with Crippen LogP contribution in [0.2, 0.25) is 0 Å². The van der Waals surface area contributed by atoms with E-state index in [0.29, 0.717) is 0 Å². The second-order valence-electron chi connectivity index (χ2n) is 0.354. The number of hydrogen-bond donors (Lipinski definition) is 0. The molecule has 7 heteroatoms. The van der Waals surface area contributed by atoms with Gasteiger partial charge in [-0.1, -0.05) is 0 Å². The van der Waals surface area contributed by atoms with Crippen LogP contribution in [0, 0.1) is 0 Å². The average molecular weight is 332 g/mol. The third-order valence-corrected chi connectivity index (χ3v) is 0. The zero-order chi connectivity index (χ0) is 4.50. The van der Waals surface area contributed by atoms with Crippen LogP contribution in [0.4, 0.5) is 0 Å². The normalized spacial score (nSPS) is 10.6. The van der Waals surface area contributed by atoms with E-state index in [0.717, 1.165) is 0 Å². The van der Waals surface area contributed by atoms with Crippen molar-refractivity contribution in [2.24, 2.45) is 0 Å². The maximum atomic E-state index is 8.63. The van der Waals surface area contributed by atoms with Crippen LogP contribution >= 0.6 is 0 Å². The van der Waals surface area contributed by atoms with Crippen LogP contribution in [0.25, 0.3) is 0 Å². The minimum atomic E-state index is -6.06. The van der Waals surface area contributed by atoms with E-state index in [2.05, 4.69) is 0 Å². The van der Waals surface area contributed by atoms with Gasteiger partial charge in [0.2, 0.25) is 0 Å². The molecule has 0 unspecified atom stereocenters. The summed E-state index contributed by atoms with van der Waals surface area (Å²) >= 11 is -6.06. The molecule has 0 bridgehead atoms. The van der Waals surface area contributed by atoms with E-state index >= 15 is 0 Å². The Morgan fingerprint density at radius 3 is 1.00 bits per heavy atom. The molecule has 0 saturated carbocycles. The Bertz CT molecular complexity index is 92.9. The van der Waals surface area contributed by atoms with E-state index in [-0.39, 0.29) is 103 Å². The number of hydrogen-bond acceptors (Lipinski definition) is 4. The van der Waals surface area contributed by atoms with Gasteiger partial charge in [0.15, 0.2) is 0 Å². The Hall–Kier alpha value is 3.43. The first-order chi connectivity index (χ1) is 2.00. The van der Waals surface area contributed by atoms with Crippen LogP contribution in [-0.4, -0.2) is 0 Å². The van der Waals surface area contributed by atoms with Crippen molar-refractivity contribution in [3.8, 4) is 0 Å². The summed E-state index contributed by atoms with van der Waals surface area (Å²) in [5, 5.41) is 0. The summed E-state index contributed by atoms with van der Waals surface area (Å²) in [6.07, 6.45) is 0. The molecule has 0 fully saturated rings. The first-order valence-electron chi connectivity index (χ1n) is 0.577. The molecule has 0 aliphatic rings. The van der Waals surface area contributed by atoms with Crippen molar-refractivity contribution in [1.29, 1.82) is 0 Å². The molecule has 0 spiro atoms. The molecule has 0 saturated heterocycles. The predicted octanol–water partition coefficient (Wildman–Crippen LogP) is -8.61. The Labute approximate surface area is 129 Å². The summed E-state index contributed by atoms with van der Waals surface area (Å²) in [4.78, 5) is 0. The topological polar surface area (TPSA) is 80.3 Å². The van der Waals surface area contributed by atoms with E-state index in [1.54, 1.807) is 0 Å². The van der Waals surface area contributed by atoms with Gasteiger partial charge in [-0.3, -0.25) is 0 Å². The van der Waals surface area contributed by atoms with Crippen molar-refractivity contribution in [3.63, 3.8) is 0 Å². The first-order valence-corrected chi connectivity index (χ1v) is 4.73. The maximum absolute atomic E-state index is 8.63. The van der Waals surface area contributed by atoms with E-state index < -0.39 is 15.7 Å². The van der Waals surface area contributed by atoms with E-state index in [9.17, 15) is 0 Å². The summed E-state index contributed by atoms with van der Waals surface area (Å²) in [5.41, 5.74) is 0. The first kappa shape index (κ1) is 16.8. The van der Waals surface area contributed by atoms with Crippen LogP contribution < -0.4 is 111 Å². The van der Waals surface area contributed by atoms with Gasteiger partial charge in [-0.25, -0.2) is 0 Å².